The van der Waals surface area contributed by atoms with Crippen LogP contribution in [-0.2, 0) is 13.1 Å². The molecule has 0 bridgehead atoms. The van der Waals surface area contributed by atoms with E-state index in [4.69, 9.17) is 16.6 Å². The number of benzene rings is 3. The standard InChI is InChI=1S/C28H27ClN4O/c1-3-33-25-10-6-8-23(22-7-4-5-9-24(22)29)27(25)30-26(33)16-15-20-11-13-21(14-12-20)19-32-18-17-31(2)28(32)34/h4-16H,3,17-19H2,1-2H3/b16-15+. The van der Waals surface area contributed by atoms with E-state index < -0.39 is 0 Å². The number of carbonyl (C=O) groups excluding carboxylic acids is 1. The lowest BCUT2D eigenvalue weighted by Crippen LogP contribution is -2.28. The van der Waals surface area contributed by atoms with Crippen molar-refractivity contribution in [1.82, 2.24) is 19.4 Å². The molecule has 1 saturated heterocycles. The molecule has 172 valence electrons. The molecule has 1 aliphatic rings. The van der Waals surface area contributed by atoms with Crippen molar-refractivity contribution in [2.24, 2.45) is 0 Å². The Morgan fingerprint density at radius 1 is 0.941 bits per heavy atom. The summed E-state index contributed by atoms with van der Waals surface area (Å²) in [5.41, 5.74) is 6.30. The Balaban J connectivity index is 1.41. The summed E-state index contributed by atoms with van der Waals surface area (Å²) in [6.07, 6.45) is 4.15. The summed E-state index contributed by atoms with van der Waals surface area (Å²) < 4.78 is 2.22. The maximum absolute atomic E-state index is 12.1. The van der Waals surface area contributed by atoms with Gasteiger partial charge in [-0.2, -0.15) is 0 Å². The van der Waals surface area contributed by atoms with E-state index in [1.807, 2.05) is 36.2 Å². The van der Waals surface area contributed by atoms with Crippen LogP contribution in [0.3, 0.4) is 0 Å². The van der Waals surface area contributed by atoms with Crippen molar-refractivity contribution in [1.29, 1.82) is 0 Å². The second-order valence-electron chi connectivity index (χ2n) is 8.57. The van der Waals surface area contributed by atoms with E-state index in [2.05, 4.69) is 66.1 Å². The maximum Gasteiger partial charge on any atom is 0.320 e. The third-order valence-electron chi connectivity index (χ3n) is 6.37. The van der Waals surface area contributed by atoms with Crippen LogP contribution in [0.15, 0.2) is 66.7 Å². The van der Waals surface area contributed by atoms with Crippen molar-refractivity contribution in [3.05, 3.63) is 88.7 Å². The second kappa shape index (κ2) is 9.35. The van der Waals surface area contributed by atoms with Gasteiger partial charge in [-0.25, -0.2) is 9.78 Å². The number of para-hydroxylation sites is 1. The molecule has 0 spiro atoms. The van der Waals surface area contributed by atoms with E-state index in [-0.39, 0.29) is 6.03 Å². The minimum atomic E-state index is 0.0959. The minimum absolute atomic E-state index is 0.0959. The SMILES string of the molecule is CCn1c(/C=C/c2ccc(CN3CCN(C)C3=O)cc2)nc2c(-c3ccccc3Cl)cccc21. The van der Waals surface area contributed by atoms with Gasteiger partial charge >= 0.3 is 6.03 Å². The van der Waals surface area contributed by atoms with Gasteiger partial charge < -0.3 is 14.4 Å². The van der Waals surface area contributed by atoms with Crippen LogP contribution in [0.4, 0.5) is 4.79 Å². The molecule has 0 unspecified atom stereocenters. The van der Waals surface area contributed by atoms with Gasteiger partial charge in [-0.1, -0.05) is 72.3 Å². The zero-order valence-corrected chi connectivity index (χ0v) is 20.2. The van der Waals surface area contributed by atoms with Gasteiger partial charge in [-0.15, -0.1) is 0 Å². The van der Waals surface area contributed by atoms with Gasteiger partial charge in [0, 0.05) is 49.4 Å². The molecule has 1 aromatic heterocycles. The van der Waals surface area contributed by atoms with Crippen LogP contribution in [0, 0.1) is 0 Å². The number of hydrogen-bond donors (Lipinski definition) is 0. The molecule has 4 aromatic rings. The van der Waals surface area contributed by atoms with Crippen molar-refractivity contribution < 1.29 is 4.79 Å². The number of carbonyl (C=O) groups is 1. The smallest absolute Gasteiger partial charge is 0.320 e. The molecule has 0 aliphatic carbocycles. The average molecular weight is 471 g/mol. The summed E-state index contributed by atoms with van der Waals surface area (Å²) in [7, 11) is 1.84. The highest BCUT2D eigenvalue weighted by Gasteiger charge is 2.24. The number of likely N-dealkylation sites (N-methyl/N-ethyl adjacent to an activating group) is 1. The molecule has 0 radical (unpaired) electrons. The number of aryl methyl sites for hydroxylation is 1. The average Bonchev–Trinajstić information content (AvgIpc) is 3.38. The van der Waals surface area contributed by atoms with Gasteiger partial charge in [0.2, 0.25) is 0 Å². The fourth-order valence-corrected chi connectivity index (χ4v) is 4.73. The summed E-state index contributed by atoms with van der Waals surface area (Å²) in [6, 6.07) is 22.6. The predicted octanol–water partition coefficient (Wildman–Crippen LogP) is 6.41. The Labute approximate surface area is 204 Å². The van der Waals surface area contributed by atoms with E-state index in [1.54, 1.807) is 4.90 Å². The van der Waals surface area contributed by atoms with E-state index in [9.17, 15) is 4.79 Å². The van der Waals surface area contributed by atoms with E-state index in [0.717, 1.165) is 63.8 Å². The highest BCUT2D eigenvalue weighted by molar-refractivity contribution is 6.33. The van der Waals surface area contributed by atoms with Crippen LogP contribution in [-0.4, -0.2) is 45.5 Å². The Morgan fingerprint density at radius 3 is 2.41 bits per heavy atom. The normalized spacial score (nSPS) is 14.1. The third kappa shape index (κ3) is 4.19. The molecule has 0 atom stereocenters. The van der Waals surface area contributed by atoms with Crippen LogP contribution in [0.5, 0.6) is 0 Å². The quantitative estimate of drug-likeness (QED) is 0.326. The van der Waals surface area contributed by atoms with Gasteiger partial charge in [-0.3, -0.25) is 0 Å². The van der Waals surface area contributed by atoms with Crippen LogP contribution < -0.4 is 0 Å². The number of hydrogen-bond acceptors (Lipinski definition) is 2. The monoisotopic (exact) mass is 470 g/mol. The van der Waals surface area contributed by atoms with Crippen LogP contribution in [0.2, 0.25) is 5.02 Å². The Kier molecular flexibility index (Phi) is 6.12. The van der Waals surface area contributed by atoms with E-state index >= 15 is 0 Å². The molecular weight excluding hydrogens is 444 g/mol. The zero-order valence-electron chi connectivity index (χ0n) is 19.4. The number of fused-ring (bicyclic) bond motifs is 1. The molecule has 3 aromatic carbocycles. The molecular formula is C28H27ClN4O. The zero-order chi connectivity index (χ0) is 23.7. The van der Waals surface area contributed by atoms with Gasteiger partial charge in [0.25, 0.3) is 0 Å². The second-order valence-corrected chi connectivity index (χ2v) is 8.98. The highest BCUT2D eigenvalue weighted by Crippen LogP contribution is 2.33. The molecule has 1 fully saturated rings. The number of imidazole rings is 1. The van der Waals surface area contributed by atoms with Gasteiger partial charge in [0.15, 0.2) is 0 Å². The molecule has 34 heavy (non-hydrogen) atoms. The Bertz CT molecular complexity index is 1370. The number of urea groups is 1. The molecule has 2 heterocycles. The number of nitrogens with zero attached hydrogens (tertiary/aromatic N) is 4. The first kappa shape index (κ1) is 22.2. The van der Waals surface area contributed by atoms with Crippen molar-refractivity contribution >= 4 is 40.8 Å². The highest BCUT2D eigenvalue weighted by atomic mass is 35.5. The van der Waals surface area contributed by atoms with Crippen LogP contribution >= 0.6 is 11.6 Å². The summed E-state index contributed by atoms with van der Waals surface area (Å²) in [5.74, 6) is 0.909. The summed E-state index contributed by atoms with van der Waals surface area (Å²) in [6.45, 7) is 5.16. The summed E-state index contributed by atoms with van der Waals surface area (Å²) in [4.78, 5) is 20.8. The number of halogens is 1. The summed E-state index contributed by atoms with van der Waals surface area (Å²) >= 11 is 6.49. The van der Waals surface area contributed by atoms with Crippen molar-refractivity contribution in [2.75, 3.05) is 20.1 Å². The first-order valence-electron chi connectivity index (χ1n) is 11.6. The van der Waals surface area contributed by atoms with E-state index in [1.165, 1.54) is 0 Å². The van der Waals surface area contributed by atoms with E-state index in [0.29, 0.717) is 6.54 Å². The molecule has 1 aliphatic heterocycles. The molecule has 5 nitrogen and oxygen atoms in total. The lowest BCUT2D eigenvalue weighted by atomic mass is 10.0. The molecule has 5 rings (SSSR count). The van der Waals surface area contributed by atoms with Crippen molar-refractivity contribution in [3.8, 4) is 11.1 Å². The van der Waals surface area contributed by atoms with Crippen LogP contribution in [0.1, 0.15) is 23.9 Å². The van der Waals surface area contributed by atoms with Crippen LogP contribution in [0.25, 0.3) is 34.3 Å². The number of rotatable bonds is 6. The molecule has 0 saturated carbocycles. The Hall–Kier alpha value is -3.57. The topological polar surface area (TPSA) is 41.4 Å². The van der Waals surface area contributed by atoms with Crippen molar-refractivity contribution in [2.45, 2.75) is 20.0 Å². The number of amides is 2. The fraction of sp³-hybridized carbons (Fsp3) is 0.214. The maximum atomic E-state index is 12.1. The minimum Gasteiger partial charge on any atom is -0.326 e. The lowest BCUT2D eigenvalue weighted by molar-refractivity contribution is 0.197. The molecule has 6 heteroatoms. The largest absolute Gasteiger partial charge is 0.326 e. The van der Waals surface area contributed by atoms with Gasteiger partial charge in [-0.05, 0) is 36.3 Å². The van der Waals surface area contributed by atoms with Gasteiger partial charge in [0.1, 0.15) is 5.82 Å². The number of aromatic nitrogens is 2. The first-order chi connectivity index (χ1) is 16.5. The predicted molar refractivity (Wildman–Crippen MR) is 140 cm³/mol. The van der Waals surface area contributed by atoms with Crippen molar-refractivity contribution in [3.63, 3.8) is 0 Å². The first-order valence-corrected chi connectivity index (χ1v) is 11.9. The lowest BCUT2D eigenvalue weighted by Gasteiger charge is -2.15. The summed E-state index contributed by atoms with van der Waals surface area (Å²) in [5, 5.41) is 0.723. The van der Waals surface area contributed by atoms with Gasteiger partial charge in [0.05, 0.1) is 11.0 Å². The molecule has 0 N–H and O–H groups in total. The molecule has 2 amide bonds. The fourth-order valence-electron chi connectivity index (χ4n) is 4.50. The third-order valence-corrected chi connectivity index (χ3v) is 6.70. The Morgan fingerprint density at radius 2 is 1.71 bits per heavy atom.